The minimum absolute atomic E-state index is 0.0193. The fraction of sp³-hybridized carbons (Fsp3) is 0.538. The average Bonchev–Trinajstić information content (AvgIpc) is 2.42. The number of sulfonamides is 1. The van der Waals surface area contributed by atoms with Crippen LogP contribution in [0.5, 0.6) is 0 Å². The molecule has 21 heavy (non-hydrogen) atoms. The minimum atomic E-state index is -4.48. The Hall–Kier alpha value is -1.12. The van der Waals surface area contributed by atoms with Crippen molar-refractivity contribution in [3.8, 4) is 0 Å². The van der Waals surface area contributed by atoms with Crippen molar-refractivity contribution in [2.75, 3.05) is 12.3 Å². The SMILES string of the molecule is O=S(=O)(CCC(F)(F)F)NCC1Cc2ccccc2CO1. The van der Waals surface area contributed by atoms with Gasteiger partial charge in [-0.15, -0.1) is 0 Å². The Bertz CT molecular complexity index is 587. The number of fused-ring (bicyclic) bond motifs is 1. The third-order valence-electron chi connectivity index (χ3n) is 3.23. The standard InChI is InChI=1S/C13H16F3NO3S/c14-13(15,16)5-6-21(18,19)17-8-12-7-10-3-1-2-4-11(10)9-20-12/h1-4,12,17H,5-9H2. The molecular weight excluding hydrogens is 307 g/mol. The van der Waals surface area contributed by atoms with Crippen LogP contribution in [0.25, 0.3) is 0 Å². The van der Waals surface area contributed by atoms with Gasteiger partial charge in [0.05, 0.1) is 24.9 Å². The van der Waals surface area contributed by atoms with E-state index in [0.717, 1.165) is 11.1 Å². The van der Waals surface area contributed by atoms with Crippen LogP contribution in [-0.4, -0.2) is 33.0 Å². The quantitative estimate of drug-likeness (QED) is 0.902. The summed E-state index contributed by atoms with van der Waals surface area (Å²) in [5.74, 6) is -0.959. The van der Waals surface area contributed by atoms with Crippen molar-refractivity contribution >= 4 is 10.0 Å². The molecule has 0 spiro atoms. The fourth-order valence-corrected chi connectivity index (χ4v) is 3.17. The lowest BCUT2D eigenvalue weighted by Crippen LogP contribution is -2.38. The van der Waals surface area contributed by atoms with E-state index in [-0.39, 0.29) is 12.6 Å². The molecule has 1 unspecified atom stereocenters. The van der Waals surface area contributed by atoms with Gasteiger partial charge in [-0.05, 0) is 11.1 Å². The van der Waals surface area contributed by atoms with E-state index in [2.05, 4.69) is 4.72 Å². The summed E-state index contributed by atoms with van der Waals surface area (Å²) in [6.45, 7) is 0.361. The summed E-state index contributed by atoms with van der Waals surface area (Å²) in [7, 11) is -3.94. The first kappa shape index (κ1) is 16.3. The Balaban J connectivity index is 1.84. The third kappa shape index (κ3) is 5.29. The number of halogens is 3. The number of hydrogen-bond acceptors (Lipinski definition) is 3. The highest BCUT2D eigenvalue weighted by atomic mass is 32.2. The predicted octanol–water partition coefficient (Wildman–Crippen LogP) is 2.00. The smallest absolute Gasteiger partial charge is 0.372 e. The Morgan fingerprint density at radius 2 is 1.90 bits per heavy atom. The molecule has 4 nitrogen and oxygen atoms in total. The van der Waals surface area contributed by atoms with Gasteiger partial charge in [0.2, 0.25) is 10.0 Å². The summed E-state index contributed by atoms with van der Waals surface area (Å²) < 4.78 is 66.8. The van der Waals surface area contributed by atoms with Crippen molar-refractivity contribution in [1.82, 2.24) is 4.72 Å². The second-order valence-corrected chi connectivity index (χ2v) is 6.86. The van der Waals surface area contributed by atoms with Crippen molar-refractivity contribution in [2.24, 2.45) is 0 Å². The van der Waals surface area contributed by atoms with Crippen LogP contribution < -0.4 is 4.72 Å². The van der Waals surface area contributed by atoms with E-state index in [0.29, 0.717) is 13.0 Å². The maximum Gasteiger partial charge on any atom is 0.390 e. The summed E-state index contributed by atoms with van der Waals surface area (Å²) in [6.07, 6.45) is -5.65. The minimum Gasteiger partial charge on any atom is -0.372 e. The Morgan fingerprint density at radius 3 is 2.57 bits per heavy atom. The van der Waals surface area contributed by atoms with Crippen molar-refractivity contribution in [2.45, 2.75) is 31.7 Å². The number of alkyl halides is 3. The number of ether oxygens (including phenoxy) is 1. The highest BCUT2D eigenvalue weighted by Crippen LogP contribution is 2.21. The molecule has 0 fully saturated rings. The van der Waals surface area contributed by atoms with E-state index in [9.17, 15) is 21.6 Å². The predicted molar refractivity (Wildman–Crippen MR) is 71.2 cm³/mol. The van der Waals surface area contributed by atoms with Gasteiger partial charge in [-0.25, -0.2) is 13.1 Å². The van der Waals surface area contributed by atoms with E-state index < -0.39 is 28.4 Å². The van der Waals surface area contributed by atoms with Gasteiger partial charge in [-0.2, -0.15) is 13.2 Å². The molecule has 1 N–H and O–H groups in total. The van der Waals surface area contributed by atoms with Crippen LogP contribution in [0.3, 0.4) is 0 Å². The molecule has 8 heteroatoms. The van der Waals surface area contributed by atoms with Gasteiger partial charge in [0.1, 0.15) is 0 Å². The van der Waals surface area contributed by atoms with Gasteiger partial charge in [0, 0.05) is 13.0 Å². The van der Waals surface area contributed by atoms with Crippen LogP contribution in [0.1, 0.15) is 17.5 Å². The zero-order valence-electron chi connectivity index (χ0n) is 11.2. The van der Waals surface area contributed by atoms with E-state index in [1.165, 1.54) is 0 Å². The average molecular weight is 323 g/mol. The van der Waals surface area contributed by atoms with E-state index in [1.54, 1.807) is 0 Å². The topological polar surface area (TPSA) is 55.4 Å². The number of benzene rings is 1. The molecule has 0 saturated heterocycles. The van der Waals surface area contributed by atoms with Crippen LogP contribution in [0.2, 0.25) is 0 Å². The maximum atomic E-state index is 12.0. The third-order valence-corrected chi connectivity index (χ3v) is 4.57. The van der Waals surface area contributed by atoms with E-state index in [4.69, 9.17) is 4.74 Å². The molecule has 1 atom stereocenters. The first-order valence-corrected chi connectivity index (χ1v) is 8.13. The molecule has 0 bridgehead atoms. The molecule has 1 aromatic carbocycles. The zero-order chi connectivity index (χ0) is 15.5. The van der Waals surface area contributed by atoms with Crippen LogP contribution in [0, 0.1) is 0 Å². The Morgan fingerprint density at radius 1 is 1.24 bits per heavy atom. The number of hydrogen-bond donors (Lipinski definition) is 1. The van der Waals surface area contributed by atoms with Crippen LogP contribution in [0.15, 0.2) is 24.3 Å². The van der Waals surface area contributed by atoms with E-state index in [1.807, 2.05) is 24.3 Å². The van der Waals surface area contributed by atoms with Crippen LogP contribution in [0.4, 0.5) is 13.2 Å². The summed E-state index contributed by atoms with van der Waals surface area (Å²) in [5, 5.41) is 0. The summed E-state index contributed by atoms with van der Waals surface area (Å²) in [5.41, 5.74) is 2.12. The monoisotopic (exact) mass is 323 g/mol. The van der Waals surface area contributed by atoms with E-state index >= 15 is 0 Å². The number of rotatable bonds is 5. The lowest BCUT2D eigenvalue weighted by molar-refractivity contribution is -0.130. The molecule has 0 aromatic heterocycles. The first-order valence-electron chi connectivity index (χ1n) is 6.48. The highest BCUT2D eigenvalue weighted by molar-refractivity contribution is 7.89. The molecule has 1 heterocycles. The highest BCUT2D eigenvalue weighted by Gasteiger charge is 2.30. The lowest BCUT2D eigenvalue weighted by atomic mass is 9.99. The van der Waals surface area contributed by atoms with Crippen molar-refractivity contribution in [3.05, 3.63) is 35.4 Å². The molecule has 0 amide bonds. The maximum absolute atomic E-state index is 12.0. The van der Waals surface area contributed by atoms with Crippen LogP contribution in [-0.2, 0) is 27.8 Å². The van der Waals surface area contributed by atoms with Crippen molar-refractivity contribution in [1.29, 1.82) is 0 Å². The lowest BCUT2D eigenvalue weighted by Gasteiger charge is -2.25. The fourth-order valence-electron chi connectivity index (χ4n) is 2.08. The Labute approximate surface area is 121 Å². The molecular formula is C13H16F3NO3S. The first-order chi connectivity index (χ1) is 9.75. The molecule has 1 aliphatic heterocycles. The van der Waals surface area contributed by atoms with Gasteiger partial charge >= 0.3 is 6.18 Å². The van der Waals surface area contributed by atoms with Gasteiger partial charge < -0.3 is 4.74 Å². The molecule has 0 radical (unpaired) electrons. The van der Waals surface area contributed by atoms with Gasteiger partial charge in [0.15, 0.2) is 0 Å². The largest absolute Gasteiger partial charge is 0.390 e. The number of nitrogens with one attached hydrogen (secondary N) is 1. The van der Waals surface area contributed by atoms with Gasteiger partial charge in [-0.1, -0.05) is 24.3 Å². The molecule has 118 valence electrons. The second kappa shape index (κ2) is 6.33. The van der Waals surface area contributed by atoms with Crippen LogP contribution >= 0.6 is 0 Å². The van der Waals surface area contributed by atoms with Crippen molar-refractivity contribution < 1.29 is 26.3 Å². The van der Waals surface area contributed by atoms with Gasteiger partial charge in [0.25, 0.3) is 0 Å². The molecule has 0 aliphatic carbocycles. The Kier molecular flexibility index (Phi) is 4.90. The molecule has 1 aliphatic rings. The second-order valence-electron chi connectivity index (χ2n) is 4.94. The normalized spacial score (nSPS) is 19.3. The summed E-state index contributed by atoms with van der Waals surface area (Å²) in [4.78, 5) is 0. The molecule has 1 aromatic rings. The van der Waals surface area contributed by atoms with Crippen molar-refractivity contribution in [3.63, 3.8) is 0 Å². The molecule has 2 rings (SSSR count). The zero-order valence-corrected chi connectivity index (χ0v) is 12.0. The van der Waals surface area contributed by atoms with Gasteiger partial charge in [-0.3, -0.25) is 0 Å². The summed E-state index contributed by atoms with van der Waals surface area (Å²) >= 11 is 0. The molecule has 0 saturated carbocycles. The summed E-state index contributed by atoms with van der Waals surface area (Å²) in [6, 6.07) is 7.64.